The molecule has 0 aliphatic heterocycles. The van der Waals surface area contributed by atoms with Gasteiger partial charge in [-0.25, -0.2) is 9.67 Å². The van der Waals surface area contributed by atoms with Crippen LogP contribution in [-0.2, 0) is 6.54 Å². The van der Waals surface area contributed by atoms with Gasteiger partial charge in [-0.3, -0.25) is 0 Å². The largest absolute Gasteiger partial charge is 0.508 e. The van der Waals surface area contributed by atoms with Crippen LogP contribution >= 0.6 is 0 Å². The second-order valence-corrected chi connectivity index (χ2v) is 3.54. The van der Waals surface area contributed by atoms with Gasteiger partial charge < -0.3 is 10.4 Å². The first-order chi connectivity index (χ1) is 7.70. The minimum Gasteiger partial charge on any atom is -0.508 e. The molecular formula is C11H14N4O. The number of aryl methyl sites for hydroxylation is 1. The number of hydrogen-bond donors (Lipinski definition) is 2. The molecule has 5 nitrogen and oxygen atoms in total. The molecule has 2 aromatic rings. The molecule has 2 rings (SSSR count). The van der Waals surface area contributed by atoms with Crippen LogP contribution in [0.3, 0.4) is 0 Å². The molecule has 0 saturated heterocycles. The Balaban J connectivity index is 2.40. The maximum absolute atomic E-state index is 9.40. The lowest BCUT2D eigenvalue weighted by Gasteiger charge is -2.02. The third kappa shape index (κ3) is 2.04. The lowest BCUT2D eigenvalue weighted by atomic mass is 10.3. The molecule has 1 aromatic heterocycles. The minimum atomic E-state index is 0.225. The molecule has 0 atom stereocenters. The molecule has 0 aliphatic rings. The molecule has 0 unspecified atom stereocenters. The number of phenolic OH excluding ortho intramolecular Hbond substituents is 1. The number of hydrogen-bond acceptors (Lipinski definition) is 4. The Morgan fingerprint density at radius 1 is 1.44 bits per heavy atom. The molecule has 0 aliphatic carbocycles. The predicted octanol–water partition coefficient (Wildman–Crippen LogP) is 1.00. The highest BCUT2D eigenvalue weighted by Gasteiger charge is 2.07. The summed E-state index contributed by atoms with van der Waals surface area (Å²) in [5.41, 5.74) is 0.812. The van der Waals surface area contributed by atoms with Gasteiger partial charge in [-0.1, -0.05) is 6.07 Å². The summed E-state index contributed by atoms with van der Waals surface area (Å²) in [6, 6.07) is 6.95. The van der Waals surface area contributed by atoms with Gasteiger partial charge in [0, 0.05) is 6.07 Å². The van der Waals surface area contributed by atoms with Crippen LogP contribution < -0.4 is 5.32 Å². The van der Waals surface area contributed by atoms with Crippen LogP contribution in [0.1, 0.15) is 11.6 Å². The summed E-state index contributed by atoms with van der Waals surface area (Å²) in [7, 11) is 1.85. The van der Waals surface area contributed by atoms with E-state index in [0.717, 1.165) is 17.3 Å². The Hall–Kier alpha value is -1.88. The SMILES string of the molecule is CNCc1nc(C)n(-c2cccc(O)c2)n1. The van der Waals surface area contributed by atoms with E-state index in [1.165, 1.54) is 0 Å². The molecule has 0 fully saturated rings. The van der Waals surface area contributed by atoms with Crippen molar-refractivity contribution in [3.05, 3.63) is 35.9 Å². The predicted molar refractivity (Wildman–Crippen MR) is 60.5 cm³/mol. The summed E-state index contributed by atoms with van der Waals surface area (Å²) < 4.78 is 1.71. The quantitative estimate of drug-likeness (QED) is 0.806. The van der Waals surface area contributed by atoms with Crippen molar-refractivity contribution >= 4 is 0 Å². The molecule has 1 heterocycles. The van der Waals surface area contributed by atoms with Gasteiger partial charge in [0.15, 0.2) is 5.82 Å². The molecular weight excluding hydrogens is 204 g/mol. The minimum absolute atomic E-state index is 0.225. The zero-order chi connectivity index (χ0) is 11.5. The lowest BCUT2D eigenvalue weighted by Crippen LogP contribution is -2.07. The fourth-order valence-electron chi connectivity index (χ4n) is 1.55. The van der Waals surface area contributed by atoms with E-state index in [0.29, 0.717) is 6.54 Å². The maximum atomic E-state index is 9.40. The summed E-state index contributed by atoms with van der Waals surface area (Å²) in [5.74, 6) is 1.77. The number of aromatic hydroxyl groups is 1. The first kappa shape index (κ1) is 10.6. The number of nitrogens with one attached hydrogen (secondary N) is 1. The monoisotopic (exact) mass is 218 g/mol. The van der Waals surface area contributed by atoms with Gasteiger partial charge in [0.2, 0.25) is 0 Å². The molecule has 84 valence electrons. The number of phenols is 1. The van der Waals surface area contributed by atoms with Crippen molar-refractivity contribution in [2.45, 2.75) is 13.5 Å². The van der Waals surface area contributed by atoms with Crippen molar-refractivity contribution < 1.29 is 5.11 Å². The van der Waals surface area contributed by atoms with Crippen molar-refractivity contribution in [1.82, 2.24) is 20.1 Å². The van der Waals surface area contributed by atoms with Gasteiger partial charge >= 0.3 is 0 Å². The van der Waals surface area contributed by atoms with Crippen LogP contribution in [0.5, 0.6) is 5.75 Å². The second-order valence-electron chi connectivity index (χ2n) is 3.54. The third-order valence-electron chi connectivity index (χ3n) is 2.22. The highest BCUT2D eigenvalue weighted by Crippen LogP contribution is 2.15. The van der Waals surface area contributed by atoms with E-state index < -0.39 is 0 Å². The van der Waals surface area contributed by atoms with Crippen LogP contribution in [0.25, 0.3) is 5.69 Å². The normalized spacial score (nSPS) is 10.6. The van der Waals surface area contributed by atoms with Crippen LogP contribution in [0, 0.1) is 6.92 Å². The fraction of sp³-hybridized carbons (Fsp3) is 0.273. The molecule has 0 spiro atoms. The summed E-state index contributed by atoms with van der Waals surface area (Å²) in [6.45, 7) is 2.52. The number of nitrogens with zero attached hydrogens (tertiary/aromatic N) is 3. The molecule has 2 N–H and O–H groups in total. The van der Waals surface area contributed by atoms with Gasteiger partial charge in [0.25, 0.3) is 0 Å². The first-order valence-corrected chi connectivity index (χ1v) is 5.07. The highest BCUT2D eigenvalue weighted by atomic mass is 16.3. The Kier molecular flexibility index (Phi) is 2.87. The average Bonchev–Trinajstić information content (AvgIpc) is 2.60. The summed E-state index contributed by atoms with van der Waals surface area (Å²) in [5, 5.41) is 16.7. The van der Waals surface area contributed by atoms with Crippen molar-refractivity contribution in [3.63, 3.8) is 0 Å². The molecule has 16 heavy (non-hydrogen) atoms. The Morgan fingerprint density at radius 3 is 2.94 bits per heavy atom. The molecule has 0 bridgehead atoms. The topological polar surface area (TPSA) is 63.0 Å². The van der Waals surface area contributed by atoms with Crippen LogP contribution in [-0.4, -0.2) is 26.9 Å². The van der Waals surface area contributed by atoms with Gasteiger partial charge in [-0.15, -0.1) is 5.10 Å². The van der Waals surface area contributed by atoms with Crippen molar-refractivity contribution in [2.75, 3.05) is 7.05 Å². The van der Waals surface area contributed by atoms with Crippen molar-refractivity contribution in [2.24, 2.45) is 0 Å². The molecule has 5 heteroatoms. The van der Waals surface area contributed by atoms with Gasteiger partial charge in [-0.2, -0.15) is 0 Å². The summed E-state index contributed by atoms with van der Waals surface area (Å²) in [4.78, 5) is 4.31. The van der Waals surface area contributed by atoms with Gasteiger partial charge in [-0.05, 0) is 26.1 Å². The zero-order valence-corrected chi connectivity index (χ0v) is 9.31. The number of rotatable bonds is 3. The molecule has 0 amide bonds. The van der Waals surface area contributed by atoms with E-state index in [-0.39, 0.29) is 5.75 Å². The van der Waals surface area contributed by atoms with E-state index in [2.05, 4.69) is 15.4 Å². The lowest BCUT2D eigenvalue weighted by molar-refractivity contribution is 0.474. The van der Waals surface area contributed by atoms with Crippen molar-refractivity contribution in [3.8, 4) is 11.4 Å². The standard InChI is InChI=1S/C11H14N4O/c1-8-13-11(7-12-2)14-15(8)9-4-3-5-10(16)6-9/h3-6,12,16H,7H2,1-2H3. The average molecular weight is 218 g/mol. The third-order valence-corrected chi connectivity index (χ3v) is 2.22. The second kappa shape index (κ2) is 4.32. The number of benzene rings is 1. The van der Waals surface area contributed by atoms with E-state index in [9.17, 15) is 5.11 Å². The Bertz CT molecular complexity index is 492. The van der Waals surface area contributed by atoms with E-state index in [1.807, 2.05) is 20.0 Å². The summed E-state index contributed by atoms with van der Waals surface area (Å²) >= 11 is 0. The number of aromatic nitrogens is 3. The van der Waals surface area contributed by atoms with Crippen LogP contribution in [0.15, 0.2) is 24.3 Å². The Morgan fingerprint density at radius 2 is 2.25 bits per heavy atom. The van der Waals surface area contributed by atoms with Crippen molar-refractivity contribution in [1.29, 1.82) is 0 Å². The highest BCUT2D eigenvalue weighted by molar-refractivity contribution is 5.38. The zero-order valence-electron chi connectivity index (χ0n) is 9.31. The van der Waals surface area contributed by atoms with Gasteiger partial charge in [0.05, 0.1) is 12.2 Å². The molecule has 0 saturated carbocycles. The molecule has 0 radical (unpaired) electrons. The van der Waals surface area contributed by atoms with Gasteiger partial charge in [0.1, 0.15) is 11.6 Å². The van der Waals surface area contributed by atoms with E-state index >= 15 is 0 Å². The Labute approximate surface area is 93.8 Å². The smallest absolute Gasteiger partial charge is 0.165 e. The maximum Gasteiger partial charge on any atom is 0.165 e. The van der Waals surface area contributed by atoms with E-state index in [1.54, 1.807) is 22.9 Å². The first-order valence-electron chi connectivity index (χ1n) is 5.07. The van der Waals surface area contributed by atoms with Crippen LogP contribution in [0.4, 0.5) is 0 Å². The van der Waals surface area contributed by atoms with Crippen LogP contribution in [0.2, 0.25) is 0 Å². The molecule has 1 aromatic carbocycles. The van der Waals surface area contributed by atoms with E-state index in [4.69, 9.17) is 0 Å². The fourth-order valence-corrected chi connectivity index (χ4v) is 1.55. The summed E-state index contributed by atoms with van der Waals surface area (Å²) in [6.07, 6.45) is 0.